The van der Waals surface area contributed by atoms with E-state index in [0.29, 0.717) is 31.3 Å². The highest BCUT2D eigenvalue weighted by molar-refractivity contribution is 7.21. The third kappa shape index (κ3) is 6.18. The average Bonchev–Trinajstić information content (AvgIpc) is 3.38. The lowest BCUT2D eigenvalue weighted by atomic mass is 9.88. The number of unbranched alkanes of at least 4 members (excludes halogenated alkanes) is 1. The first-order valence-corrected chi connectivity index (χ1v) is 13.7. The number of aliphatic hydroxyl groups excluding tert-OH is 2. The minimum atomic E-state index is -1.13. The monoisotopic (exact) mass is 530 g/mol. The molecule has 0 bridgehead atoms. The molecule has 0 amide bonds. The van der Waals surface area contributed by atoms with Gasteiger partial charge in [-0.05, 0) is 59.9 Å². The van der Waals surface area contributed by atoms with Crippen LogP contribution in [0.4, 0.5) is 11.8 Å². The van der Waals surface area contributed by atoms with E-state index in [1.165, 1.54) is 11.3 Å². The number of aliphatic hydroxyl groups is 3. The average molecular weight is 531 g/mol. The summed E-state index contributed by atoms with van der Waals surface area (Å²) in [6.45, 7) is 11.3. The van der Waals surface area contributed by atoms with Gasteiger partial charge in [-0.15, -0.1) is 11.3 Å². The van der Waals surface area contributed by atoms with Crippen LogP contribution in [0.15, 0.2) is 12.3 Å². The lowest BCUT2D eigenvalue weighted by Crippen LogP contribution is -2.40. The molecule has 0 aliphatic heterocycles. The number of thiazole rings is 1. The van der Waals surface area contributed by atoms with E-state index in [9.17, 15) is 15.3 Å². The highest BCUT2D eigenvalue weighted by Crippen LogP contribution is 2.40. The summed E-state index contributed by atoms with van der Waals surface area (Å²) in [6.07, 6.45) is 1.90. The first-order chi connectivity index (χ1) is 17.6. The van der Waals surface area contributed by atoms with Gasteiger partial charge in [0, 0.05) is 31.9 Å². The number of fused-ring (bicyclic) bond motifs is 1. The third-order valence-electron chi connectivity index (χ3n) is 6.91. The molecule has 202 valence electrons. The fourth-order valence-electron chi connectivity index (χ4n) is 4.83. The summed E-state index contributed by atoms with van der Waals surface area (Å²) in [5.74, 6) is 0.526. The van der Waals surface area contributed by atoms with Crippen LogP contribution in [-0.2, 0) is 4.74 Å². The Kier molecular flexibility index (Phi) is 8.59. The number of aryl methyl sites for hydroxylation is 2. The van der Waals surface area contributed by atoms with Gasteiger partial charge < -0.3 is 30.7 Å². The van der Waals surface area contributed by atoms with Crippen molar-refractivity contribution in [2.45, 2.75) is 77.7 Å². The molecule has 1 aliphatic rings. The van der Waals surface area contributed by atoms with E-state index in [0.717, 1.165) is 51.6 Å². The van der Waals surface area contributed by atoms with Gasteiger partial charge in [0.15, 0.2) is 0 Å². The molecule has 3 aromatic rings. The van der Waals surface area contributed by atoms with Crippen LogP contribution in [0.3, 0.4) is 0 Å². The van der Waals surface area contributed by atoms with Gasteiger partial charge in [0.25, 0.3) is 0 Å². The maximum atomic E-state index is 10.8. The van der Waals surface area contributed by atoms with Crippen LogP contribution in [0.1, 0.15) is 51.4 Å². The van der Waals surface area contributed by atoms with Crippen LogP contribution >= 0.6 is 11.3 Å². The van der Waals surface area contributed by atoms with Gasteiger partial charge in [0.05, 0.1) is 39.4 Å². The molecule has 5 N–H and O–H groups in total. The Morgan fingerprint density at radius 1 is 1.11 bits per heavy atom. The molecule has 37 heavy (non-hydrogen) atoms. The van der Waals surface area contributed by atoms with E-state index in [-0.39, 0.29) is 0 Å². The summed E-state index contributed by atoms with van der Waals surface area (Å²) in [4.78, 5) is 18.7. The number of nitrogens with one attached hydrogen (secondary N) is 2. The van der Waals surface area contributed by atoms with E-state index in [1.54, 1.807) is 20.0 Å². The van der Waals surface area contributed by atoms with Crippen molar-refractivity contribution in [3.8, 4) is 10.6 Å². The molecule has 0 aromatic carbocycles. The van der Waals surface area contributed by atoms with Crippen LogP contribution < -0.4 is 10.6 Å². The standard InChI is InChI=1S/C26H38N6O4S/c1-6-36-12-8-7-10-28-25-29-14(2)19(24-31-20-15(3)27-11-9-18(20)37-24)23(32-25)30-17-13-16(26(4,5)35)21(33)22(17)34/h9,11,16-17,21-22,33-35H,6-8,10,12-13H2,1-5H3,(H2,28,29,30,32)/t16-,17+,21+,22-/m0/s1. The lowest BCUT2D eigenvalue weighted by molar-refractivity contribution is -0.0601. The maximum absolute atomic E-state index is 10.8. The van der Waals surface area contributed by atoms with E-state index < -0.39 is 29.8 Å². The molecule has 1 aliphatic carbocycles. The minimum absolute atomic E-state index is 0.386. The molecule has 10 nitrogen and oxygen atoms in total. The van der Waals surface area contributed by atoms with Gasteiger partial charge in [-0.3, -0.25) is 4.98 Å². The van der Waals surface area contributed by atoms with Gasteiger partial charge in [-0.2, -0.15) is 4.98 Å². The first kappa shape index (κ1) is 27.6. The molecule has 0 unspecified atom stereocenters. The molecule has 4 rings (SSSR count). The highest BCUT2D eigenvalue weighted by atomic mass is 32.1. The number of nitrogens with zero attached hydrogens (tertiary/aromatic N) is 4. The quantitative estimate of drug-likeness (QED) is 0.234. The molecule has 0 saturated heterocycles. The molecule has 1 fully saturated rings. The molecule has 4 atom stereocenters. The summed E-state index contributed by atoms with van der Waals surface area (Å²) in [7, 11) is 0. The maximum Gasteiger partial charge on any atom is 0.224 e. The van der Waals surface area contributed by atoms with Crippen molar-refractivity contribution in [2.75, 3.05) is 30.4 Å². The Balaban J connectivity index is 1.65. The summed E-state index contributed by atoms with van der Waals surface area (Å²) in [5, 5.41) is 39.4. The van der Waals surface area contributed by atoms with Crippen LogP contribution in [0, 0.1) is 19.8 Å². The number of aromatic nitrogens is 4. The predicted octanol–water partition coefficient (Wildman–Crippen LogP) is 3.29. The van der Waals surface area contributed by atoms with E-state index in [2.05, 4.69) is 15.6 Å². The van der Waals surface area contributed by atoms with Crippen molar-refractivity contribution in [2.24, 2.45) is 5.92 Å². The Labute approximate surface area is 221 Å². The third-order valence-corrected chi connectivity index (χ3v) is 7.95. The Morgan fingerprint density at radius 3 is 2.57 bits per heavy atom. The number of ether oxygens (including phenoxy) is 1. The zero-order chi connectivity index (χ0) is 26.7. The zero-order valence-corrected chi connectivity index (χ0v) is 23.0. The summed E-state index contributed by atoms with van der Waals surface area (Å²) in [5.41, 5.74) is 2.04. The Bertz CT molecular complexity index is 1210. The van der Waals surface area contributed by atoms with Crippen LogP contribution in [0.25, 0.3) is 20.8 Å². The van der Waals surface area contributed by atoms with Gasteiger partial charge >= 0.3 is 0 Å². The normalized spacial score (nSPS) is 22.1. The minimum Gasteiger partial charge on any atom is -0.390 e. The Hall–Kier alpha value is -2.44. The van der Waals surface area contributed by atoms with Gasteiger partial charge in [-0.25, -0.2) is 9.97 Å². The van der Waals surface area contributed by atoms with Gasteiger partial charge in [-0.1, -0.05) is 0 Å². The SMILES string of the molecule is CCOCCCCNc1nc(C)c(-c2nc3c(C)nccc3s2)c(N[C@@H]2C[C@H](C(C)(C)O)[C@@H](O)[C@H]2O)n1. The predicted molar refractivity (Wildman–Crippen MR) is 146 cm³/mol. The summed E-state index contributed by atoms with van der Waals surface area (Å²) in [6, 6.07) is 1.44. The number of hydrogen-bond donors (Lipinski definition) is 5. The van der Waals surface area contributed by atoms with Crippen LogP contribution in [-0.4, -0.2) is 78.9 Å². The second kappa shape index (κ2) is 11.5. The number of anilines is 2. The van der Waals surface area contributed by atoms with Gasteiger partial charge in [0.1, 0.15) is 22.4 Å². The first-order valence-electron chi connectivity index (χ1n) is 12.9. The number of pyridine rings is 1. The second-order valence-electron chi connectivity index (χ2n) is 10.2. The molecule has 0 radical (unpaired) electrons. The van der Waals surface area contributed by atoms with Crippen molar-refractivity contribution in [1.82, 2.24) is 19.9 Å². The van der Waals surface area contributed by atoms with Crippen LogP contribution in [0.5, 0.6) is 0 Å². The van der Waals surface area contributed by atoms with Crippen molar-refractivity contribution in [1.29, 1.82) is 0 Å². The topological polar surface area (TPSA) is 146 Å². The summed E-state index contributed by atoms with van der Waals surface area (Å²) < 4.78 is 6.42. The smallest absolute Gasteiger partial charge is 0.224 e. The van der Waals surface area contributed by atoms with Crippen molar-refractivity contribution in [3.63, 3.8) is 0 Å². The van der Waals surface area contributed by atoms with E-state index in [4.69, 9.17) is 19.7 Å². The molecule has 1 saturated carbocycles. The molecule has 0 spiro atoms. The molecular weight excluding hydrogens is 492 g/mol. The van der Waals surface area contributed by atoms with Crippen molar-refractivity contribution < 1.29 is 20.1 Å². The Morgan fingerprint density at radius 2 is 1.89 bits per heavy atom. The molecule has 3 heterocycles. The number of rotatable bonds is 11. The van der Waals surface area contributed by atoms with Crippen LogP contribution in [0.2, 0.25) is 0 Å². The zero-order valence-electron chi connectivity index (χ0n) is 22.2. The van der Waals surface area contributed by atoms with E-state index >= 15 is 0 Å². The largest absolute Gasteiger partial charge is 0.390 e. The molecule has 3 aromatic heterocycles. The second-order valence-corrected chi connectivity index (χ2v) is 11.2. The number of hydrogen-bond acceptors (Lipinski definition) is 11. The highest BCUT2D eigenvalue weighted by Gasteiger charge is 2.48. The van der Waals surface area contributed by atoms with E-state index in [1.807, 2.05) is 26.8 Å². The fourth-order valence-corrected chi connectivity index (χ4v) is 5.94. The van der Waals surface area contributed by atoms with Gasteiger partial charge in [0.2, 0.25) is 5.95 Å². The van der Waals surface area contributed by atoms with Crippen molar-refractivity contribution >= 4 is 33.3 Å². The lowest BCUT2D eigenvalue weighted by Gasteiger charge is -2.28. The van der Waals surface area contributed by atoms with Crippen molar-refractivity contribution in [3.05, 3.63) is 23.7 Å². The molecule has 11 heteroatoms. The fraction of sp³-hybridized carbons (Fsp3) is 0.615. The molecular formula is C26H38N6O4S. The summed E-state index contributed by atoms with van der Waals surface area (Å²) >= 11 is 1.53.